The van der Waals surface area contributed by atoms with Crippen molar-refractivity contribution >= 4 is 10.0 Å². The first kappa shape index (κ1) is 11.6. The van der Waals surface area contributed by atoms with Crippen LogP contribution in [0.4, 0.5) is 0 Å². The average Bonchev–Trinajstić information content (AvgIpc) is 2.25. The van der Waals surface area contributed by atoms with Gasteiger partial charge in [0.2, 0.25) is 10.0 Å². The zero-order valence-corrected chi connectivity index (χ0v) is 10.3. The minimum atomic E-state index is -3.14. The predicted molar refractivity (Wildman–Crippen MR) is 64.6 cm³/mol. The molecule has 16 heavy (non-hydrogen) atoms. The van der Waals surface area contributed by atoms with Crippen LogP contribution in [-0.2, 0) is 15.6 Å². The van der Waals surface area contributed by atoms with Crippen molar-refractivity contribution in [3.63, 3.8) is 0 Å². The lowest BCUT2D eigenvalue weighted by Gasteiger charge is -2.42. The Kier molecular flexibility index (Phi) is 3.04. The Morgan fingerprint density at radius 2 is 1.88 bits per heavy atom. The monoisotopic (exact) mass is 239 g/mol. The van der Waals surface area contributed by atoms with E-state index >= 15 is 0 Å². The van der Waals surface area contributed by atoms with E-state index in [1.54, 1.807) is 6.92 Å². The summed E-state index contributed by atoms with van der Waals surface area (Å²) in [6, 6.07) is 9.85. The number of hydrogen-bond acceptors (Lipinski definition) is 2. The number of rotatable bonds is 4. The van der Waals surface area contributed by atoms with Gasteiger partial charge in [-0.2, -0.15) is 0 Å². The van der Waals surface area contributed by atoms with Gasteiger partial charge in [-0.3, -0.25) is 0 Å². The summed E-state index contributed by atoms with van der Waals surface area (Å²) >= 11 is 0. The smallest absolute Gasteiger partial charge is 0.212 e. The minimum Gasteiger partial charge on any atom is -0.212 e. The van der Waals surface area contributed by atoms with Gasteiger partial charge in [-0.25, -0.2) is 13.1 Å². The van der Waals surface area contributed by atoms with Gasteiger partial charge >= 0.3 is 0 Å². The molecule has 0 aromatic heterocycles. The quantitative estimate of drug-likeness (QED) is 0.873. The van der Waals surface area contributed by atoms with Gasteiger partial charge in [-0.1, -0.05) is 30.3 Å². The first-order chi connectivity index (χ1) is 7.58. The van der Waals surface area contributed by atoms with Crippen LogP contribution in [0.1, 0.15) is 31.7 Å². The van der Waals surface area contributed by atoms with Crippen molar-refractivity contribution in [2.24, 2.45) is 0 Å². The van der Waals surface area contributed by atoms with Crippen LogP contribution < -0.4 is 4.72 Å². The molecule has 0 aliphatic heterocycles. The summed E-state index contributed by atoms with van der Waals surface area (Å²) < 4.78 is 26.2. The molecule has 1 aliphatic carbocycles. The number of hydrogen-bond donors (Lipinski definition) is 1. The number of nitrogens with one attached hydrogen (secondary N) is 1. The molecule has 0 saturated heterocycles. The van der Waals surface area contributed by atoms with Gasteiger partial charge in [0.25, 0.3) is 0 Å². The van der Waals surface area contributed by atoms with Crippen molar-refractivity contribution in [1.82, 2.24) is 4.72 Å². The van der Waals surface area contributed by atoms with Crippen molar-refractivity contribution in [2.45, 2.75) is 31.7 Å². The molecule has 0 spiro atoms. The molecule has 3 nitrogen and oxygen atoms in total. The Morgan fingerprint density at radius 1 is 1.25 bits per heavy atom. The maximum atomic E-state index is 11.7. The average molecular weight is 239 g/mol. The van der Waals surface area contributed by atoms with Crippen LogP contribution in [0.2, 0.25) is 0 Å². The zero-order chi connectivity index (χ0) is 11.6. The second-order valence-corrected chi connectivity index (χ2v) is 6.32. The lowest BCUT2D eigenvalue weighted by molar-refractivity contribution is 0.224. The highest BCUT2D eigenvalue weighted by Crippen LogP contribution is 2.41. The molecule has 1 N–H and O–H groups in total. The Balaban J connectivity index is 2.28. The normalized spacial score (nSPS) is 19.1. The van der Waals surface area contributed by atoms with Crippen LogP contribution in [-0.4, -0.2) is 14.2 Å². The molecule has 1 saturated carbocycles. The SMILES string of the molecule is CCS(=O)(=O)NC1(c2ccccc2)CCC1. The van der Waals surface area contributed by atoms with E-state index in [1.807, 2.05) is 30.3 Å². The molecule has 1 aromatic carbocycles. The van der Waals surface area contributed by atoms with Gasteiger partial charge in [0, 0.05) is 0 Å². The molecule has 0 radical (unpaired) electrons. The summed E-state index contributed by atoms with van der Waals surface area (Å²) in [4.78, 5) is 0. The van der Waals surface area contributed by atoms with Gasteiger partial charge < -0.3 is 0 Å². The van der Waals surface area contributed by atoms with Gasteiger partial charge in [-0.15, -0.1) is 0 Å². The van der Waals surface area contributed by atoms with E-state index in [9.17, 15) is 8.42 Å². The van der Waals surface area contributed by atoms with Crippen LogP contribution in [0.25, 0.3) is 0 Å². The van der Waals surface area contributed by atoms with Crippen LogP contribution in [0.3, 0.4) is 0 Å². The van der Waals surface area contributed by atoms with Crippen LogP contribution >= 0.6 is 0 Å². The molecule has 4 heteroatoms. The second kappa shape index (κ2) is 4.18. The maximum Gasteiger partial charge on any atom is 0.212 e. The summed E-state index contributed by atoms with van der Waals surface area (Å²) in [5.74, 6) is 0.140. The standard InChI is InChI=1S/C12H17NO2S/c1-2-16(14,15)13-12(9-6-10-12)11-7-4-3-5-8-11/h3-5,7-8,13H,2,6,9-10H2,1H3. The van der Waals surface area contributed by atoms with Crippen LogP contribution in [0, 0.1) is 0 Å². The van der Waals surface area contributed by atoms with E-state index in [0.29, 0.717) is 0 Å². The van der Waals surface area contributed by atoms with Gasteiger partial charge in [-0.05, 0) is 31.7 Å². The van der Waals surface area contributed by atoms with Crippen LogP contribution in [0.15, 0.2) is 30.3 Å². The Morgan fingerprint density at radius 3 is 2.31 bits per heavy atom. The van der Waals surface area contributed by atoms with Gasteiger partial charge in [0.1, 0.15) is 0 Å². The number of benzene rings is 1. The first-order valence-corrected chi connectivity index (χ1v) is 7.30. The largest absolute Gasteiger partial charge is 0.212 e. The Bertz CT molecular complexity index is 449. The predicted octanol–water partition coefficient (Wildman–Crippen LogP) is 2.01. The fraction of sp³-hybridized carbons (Fsp3) is 0.500. The lowest BCUT2D eigenvalue weighted by atomic mass is 9.73. The third-order valence-corrected chi connectivity index (χ3v) is 4.73. The Labute approximate surface area is 96.9 Å². The van der Waals surface area contributed by atoms with E-state index in [0.717, 1.165) is 24.8 Å². The molecule has 0 heterocycles. The molecular formula is C12H17NO2S. The summed E-state index contributed by atoms with van der Waals surface area (Å²) in [6.07, 6.45) is 2.88. The fourth-order valence-electron chi connectivity index (χ4n) is 2.11. The molecule has 1 aliphatic rings. The highest BCUT2D eigenvalue weighted by molar-refractivity contribution is 7.89. The van der Waals surface area contributed by atoms with Crippen molar-refractivity contribution in [2.75, 3.05) is 5.75 Å². The maximum absolute atomic E-state index is 11.7. The second-order valence-electron chi connectivity index (χ2n) is 4.31. The highest BCUT2D eigenvalue weighted by atomic mass is 32.2. The summed E-state index contributed by atoms with van der Waals surface area (Å²) in [6.45, 7) is 1.67. The zero-order valence-electron chi connectivity index (χ0n) is 9.44. The molecule has 0 unspecified atom stereocenters. The van der Waals surface area contributed by atoms with Crippen molar-refractivity contribution < 1.29 is 8.42 Å². The number of sulfonamides is 1. The molecule has 0 atom stereocenters. The van der Waals surface area contributed by atoms with Crippen LogP contribution in [0.5, 0.6) is 0 Å². The summed E-state index contributed by atoms with van der Waals surface area (Å²) in [7, 11) is -3.14. The summed E-state index contributed by atoms with van der Waals surface area (Å²) in [5, 5.41) is 0. The molecule has 0 amide bonds. The topological polar surface area (TPSA) is 46.2 Å². The van der Waals surface area contributed by atoms with E-state index in [1.165, 1.54) is 0 Å². The van der Waals surface area contributed by atoms with E-state index in [2.05, 4.69) is 4.72 Å². The summed E-state index contributed by atoms with van der Waals surface area (Å²) in [5.41, 5.74) is 0.745. The van der Waals surface area contributed by atoms with Crippen molar-refractivity contribution in [3.05, 3.63) is 35.9 Å². The Hall–Kier alpha value is -0.870. The molecular weight excluding hydrogens is 222 g/mol. The molecule has 1 fully saturated rings. The minimum absolute atomic E-state index is 0.140. The third kappa shape index (κ3) is 2.13. The van der Waals surface area contributed by atoms with Crippen molar-refractivity contribution in [3.8, 4) is 0 Å². The van der Waals surface area contributed by atoms with E-state index in [4.69, 9.17) is 0 Å². The molecule has 88 valence electrons. The lowest BCUT2D eigenvalue weighted by Crippen LogP contribution is -2.51. The van der Waals surface area contributed by atoms with Gasteiger partial charge in [0.15, 0.2) is 0 Å². The molecule has 1 aromatic rings. The highest BCUT2D eigenvalue weighted by Gasteiger charge is 2.41. The third-order valence-electron chi connectivity index (χ3n) is 3.26. The van der Waals surface area contributed by atoms with E-state index < -0.39 is 10.0 Å². The fourth-order valence-corrected chi connectivity index (χ4v) is 3.17. The molecule has 2 rings (SSSR count). The van der Waals surface area contributed by atoms with Crippen molar-refractivity contribution in [1.29, 1.82) is 0 Å². The molecule has 0 bridgehead atoms. The first-order valence-electron chi connectivity index (χ1n) is 5.65. The van der Waals surface area contributed by atoms with E-state index in [-0.39, 0.29) is 11.3 Å². The van der Waals surface area contributed by atoms with Gasteiger partial charge in [0.05, 0.1) is 11.3 Å².